The molecule has 0 aromatic heterocycles. The first-order chi connectivity index (χ1) is 15.4. The largest absolute Gasteiger partial charge is 0.492 e. The Morgan fingerprint density at radius 2 is 1.66 bits per heavy atom. The summed E-state index contributed by atoms with van der Waals surface area (Å²) in [5.41, 5.74) is 3.49. The summed E-state index contributed by atoms with van der Waals surface area (Å²) >= 11 is 0. The van der Waals surface area contributed by atoms with Crippen LogP contribution >= 0.6 is 0 Å². The average Bonchev–Trinajstić information content (AvgIpc) is 2.79. The van der Waals surface area contributed by atoms with Crippen molar-refractivity contribution in [3.05, 3.63) is 95.1 Å². The number of aryl methyl sites for hydroxylation is 1. The molecule has 0 unspecified atom stereocenters. The second kappa shape index (κ2) is 11.1. The zero-order chi connectivity index (χ0) is 22.9. The molecule has 3 aromatic carbocycles. The molecule has 3 aromatic rings. The van der Waals surface area contributed by atoms with Gasteiger partial charge in [0.25, 0.3) is 11.8 Å². The maximum absolute atomic E-state index is 12.7. The number of nitrogens with one attached hydrogen (secondary N) is 2. The first-order valence-electron chi connectivity index (χ1n) is 10.5. The molecule has 2 amide bonds. The third kappa shape index (κ3) is 6.68. The third-order valence-corrected chi connectivity index (χ3v) is 4.94. The third-order valence-electron chi connectivity index (χ3n) is 4.94. The van der Waals surface area contributed by atoms with Crippen LogP contribution in [0.25, 0.3) is 0 Å². The summed E-state index contributed by atoms with van der Waals surface area (Å²) < 4.78 is 5.76. The van der Waals surface area contributed by atoms with Crippen LogP contribution in [0.15, 0.2) is 72.8 Å². The van der Waals surface area contributed by atoms with Gasteiger partial charge in [0.05, 0.1) is 0 Å². The summed E-state index contributed by atoms with van der Waals surface area (Å²) in [5.74, 6) is 0.358. The monoisotopic (exact) mass is 431 g/mol. The maximum atomic E-state index is 12.7. The minimum absolute atomic E-state index is 0.209. The van der Waals surface area contributed by atoms with Crippen molar-refractivity contribution in [3.8, 4) is 5.75 Å². The van der Waals surface area contributed by atoms with E-state index in [4.69, 9.17) is 4.74 Å². The zero-order valence-corrected chi connectivity index (χ0v) is 18.7. The van der Waals surface area contributed by atoms with E-state index < -0.39 is 0 Å². The highest BCUT2D eigenvalue weighted by atomic mass is 16.5. The van der Waals surface area contributed by atoms with Gasteiger partial charge in [0.2, 0.25) is 0 Å². The van der Waals surface area contributed by atoms with E-state index in [0.717, 1.165) is 23.4 Å². The van der Waals surface area contributed by atoms with Gasteiger partial charge in [-0.15, -0.1) is 0 Å². The Labute approximate surface area is 189 Å². The predicted octanol–water partition coefficient (Wildman–Crippen LogP) is 4.12. The molecule has 0 fully saturated rings. The molecule has 166 valence electrons. The van der Waals surface area contributed by atoms with Gasteiger partial charge in [-0.2, -0.15) is 0 Å². The first kappa shape index (κ1) is 23.0. The smallest absolute Gasteiger partial charge is 0.255 e. The van der Waals surface area contributed by atoms with E-state index in [1.165, 1.54) is 0 Å². The lowest BCUT2D eigenvalue weighted by Crippen LogP contribution is -2.23. The van der Waals surface area contributed by atoms with Crippen molar-refractivity contribution in [1.29, 1.82) is 0 Å². The molecule has 0 aliphatic rings. The number of amides is 2. The van der Waals surface area contributed by atoms with Crippen LogP contribution in [0.2, 0.25) is 0 Å². The summed E-state index contributed by atoms with van der Waals surface area (Å²) in [7, 11) is 4.00. The fourth-order valence-electron chi connectivity index (χ4n) is 3.06. The van der Waals surface area contributed by atoms with Gasteiger partial charge in [-0.3, -0.25) is 9.59 Å². The fourth-order valence-corrected chi connectivity index (χ4v) is 3.06. The van der Waals surface area contributed by atoms with Crippen molar-refractivity contribution < 1.29 is 14.3 Å². The Balaban J connectivity index is 1.61. The van der Waals surface area contributed by atoms with Gasteiger partial charge >= 0.3 is 0 Å². The van der Waals surface area contributed by atoms with E-state index in [0.29, 0.717) is 30.0 Å². The lowest BCUT2D eigenvalue weighted by atomic mass is 10.1. The highest BCUT2D eigenvalue weighted by molar-refractivity contribution is 6.05. The number of likely N-dealkylation sites (N-methyl/N-ethyl adjacent to an activating group) is 1. The van der Waals surface area contributed by atoms with Crippen LogP contribution < -0.4 is 15.4 Å². The number of hydrogen-bond acceptors (Lipinski definition) is 4. The minimum Gasteiger partial charge on any atom is -0.492 e. The van der Waals surface area contributed by atoms with Gasteiger partial charge < -0.3 is 20.3 Å². The van der Waals surface area contributed by atoms with Gasteiger partial charge in [0.15, 0.2) is 0 Å². The molecule has 0 atom stereocenters. The van der Waals surface area contributed by atoms with Gasteiger partial charge in [0, 0.05) is 29.9 Å². The van der Waals surface area contributed by atoms with Crippen LogP contribution in [-0.4, -0.2) is 44.0 Å². The molecule has 0 heterocycles. The Morgan fingerprint density at radius 1 is 0.875 bits per heavy atom. The predicted molar refractivity (Wildman–Crippen MR) is 127 cm³/mol. The number of nitrogens with zero attached hydrogens (tertiary/aromatic N) is 1. The maximum Gasteiger partial charge on any atom is 0.255 e. The molecule has 3 rings (SSSR count). The number of carbonyl (C=O) groups is 2. The van der Waals surface area contributed by atoms with Gasteiger partial charge in [0.1, 0.15) is 12.4 Å². The SMILES string of the molecule is Cc1ccc(C(=O)NCc2cccc(OCCN(C)C)c2)cc1NC(=O)c1ccccc1. The summed E-state index contributed by atoms with van der Waals surface area (Å²) in [4.78, 5) is 27.2. The number of carbonyl (C=O) groups excluding carboxylic acids is 2. The highest BCUT2D eigenvalue weighted by Gasteiger charge is 2.11. The van der Waals surface area contributed by atoms with E-state index in [-0.39, 0.29) is 11.8 Å². The van der Waals surface area contributed by atoms with Crippen molar-refractivity contribution in [1.82, 2.24) is 10.2 Å². The normalized spacial score (nSPS) is 10.6. The molecule has 6 heteroatoms. The quantitative estimate of drug-likeness (QED) is 0.535. The van der Waals surface area contributed by atoms with Crippen molar-refractivity contribution in [2.75, 3.05) is 32.6 Å². The Kier molecular flexibility index (Phi) is 8.00. The summed E-state index contributed by atoms with van der Waals surface area (Å²) in [6.07, 6.45) is 0. The van der Waals surface area contributed by atoms with Crippen molar-refractivity contribution in [2.24, 2.45) is 0 Å². The molecule has 0 spiro atoms. The molecule has 0 saturated carbocycles. The lowest BCUT2D eigenvalue weighted by molar-refractivity contribution is 0.0949. The Hall–Kier alpha value is -3.64. The van der Waals surface area contributed by atoms with E-state index in [2.05, 4.69) is 15.5 Å². The standard InChI is InChI=1S/C26H29N3O3/c1-19-12-13-22(17-24(19)28-26(31)21-9-5-4-6-10-21)25(30)27-18-20-8-7-11-23(16-20)32-15-14-29(2)3/h4-13,16-17H,14-15,18H2,1-3H3,(H,27,30)(H,28,31). The number of anilines is 1. The van der Waals surface area contributed by atoms with E-state index in [9.17, 15) is 9.59 Å². The minimum atomic E-state index is -0.211. The molecular formula is C26H29N3O3. The van der Waals surface area contributed by atoms with Crippen molar-refractivity contribution in [3.63, 3.8) is 0 Å². The van der Waals surface area contributed by atoms with Crippen LogP contribution in [-0.2, 0) is 6.54 Å². The van der Waals surface area contributed by atoms with Crippen LogP contribution in [0.3, 0.4) is 0 Å². The van der Waals surface area contributed by atoms with Crippen molar-refractivity contribution >= 4 is 17.5 Å². The topological polar surface area (TPSA) is 70.7 Å². The molecule has 6 nitrogen and oxygen atoms in total. The van der Waals surface area contributed by atoms with E-state index >= 15 is 0 Å². The Morgan fingerprint density at radius 3 is 2.41 bits per heavy atom. The lowest BCUT2D eigenvalue weighted by Gasteiger charge is -2.13. The highest BCUT2D eigenvalue weighted by Crippen LogP contribution is 2.19. The first-order valence-corrected chi connectivity index (χ1v) is 10.5. The number of rotatable bonds is 9. The summed E-state index contributed by atoms with van der Waals surface area (Å²) in [6, 6.07) is 22.0. The molecule has 0 aliphatic carbocycles. The summed E-state index contributed by atoms with van der Waals surface area (Å²) in [5, 5.41) is 5.82. The van der Waals surface area contributed by atoms with Gasteiger partial charge in [-0.25, -0.2) is 0 Å². The molecule has 0 radical (unpaired) electrons. The summed E-state index contributed by atoms with van der Waals surface area (Å²) in [6.45, 7) is 3.70. The van der Waals surface area contributed by atoms with Crippen LogP contribution in [0.1, 0.15) is 31.8 Å². The van der Waals surface area contributed by atoms with Gasteiger partial charge in [-0.1, -0.05) is 36.4 Å². The van der Waals surface area contributed by atoms with Crippen LogP contribution in [0.4, 0.5) is 5.69 Å². The molecule has 32 heavy (non-hydrogen) atoms. The average molecular weight is 432 g/mol. The molecular weight excluding hydrogens is 402 g/mol. The second-order valence-electron chi connectivity index (χ2n) is 7.83. The van der Waals surface area contributed by atoms with E-state index in [1.807, 2.05) is 69.6 Å². The second-order valence-corrected chi connectivity index (χ2v) is 7.83. The zero-order valence-electron chi connectivity index (χ0n) is 18.7. The van der Waals surface area contributed by atoms with Crippen molar-refractivity contribution in [2.45, 2.75) is 13.5 Å². The molecule has 0 saturated heterocycles. The molecule has 0 bridgehead atoms. The fraction of sp³-hybridized carbons (Fsp3) is 0.231. The number of benzene rings is 3. The number of hydrogen-bond donors (Lipinski definition) is 2. The Bertz CT molecular complexity index is 1060. The van der Waals surface area contributed by atoms with Gasteiger partial charge in [-0.05, 0) is 68.5 Å². The van der Waals surface area contributed by atoms with Crippen LogP contribution in [0.5, 0.6) is 5.75 Å². The number of ether oxygens (including phenoxy) is 1. The van der Waals surface area contributed by atoms with E-state index in [1.54, 1.807) is 24.3 Å². The molecule has 0 aliphatic heterocycles. The molecule has 2 N–H and O–H groups in total. The van der Waals surface area contributed by atoms with Crippen LogP contribution in [0, 0.1) is 6.92 Å².